The van der Waals surface area contributed by atoms with Crippen LogP contribution >= 0.6 is 12.4 Å². The molecule has 1 aliphatic rings. The molecule has 2 N–H and O–H groups in total. The fourth-order valence-corrected chi connectivity index (χ4v) is 4.51. The Morgan fingerprint density at radius 3 is 2.52 bits per heavy atom. The number of benzene rings is 2. The monoisotopic (exact) mass is 384 g/mol. The molecule has 0 aliphatic carbocycles. The van der Waals surface area contributed by atoms with E-state index in [1.165, 1.54) is 0 Å². The summed E-state index contributed by atoms with van der Waals surface area (Å²) in [5.74, 6) is 0. The number of anilines is 1. The summed E-state index contributed by atoms with van der Waals surface area (Å²) in [6.45, 7) is 2.82. The SMILES string of the molecule is Cc1c(NC2CCNCC2F)cccc1S(=O)(=O)c1ccccc1.Cl. The molecule has 4 nitrogen and oxygen atoms in total. The molecule has 1 aliphatic heterocycles. The first kappa shape index (κ1) is 19.7. The van der Waals surface area contributed by atoms with E-state index in [9.17, 15) is 12.8 Å². The van der Waals surface area contributed by atoms with Gasteiger partial charge in [-0.2, -0.15) is 0 Å². The number of halogens is 2. The van der Waals surface area contributed by atoms with Gasteiger partial charge in [0.1, 0.15) is 6.17 Å². The minimum atomic E-state index is -3.59. The van der Waals surface area contributed by atoms with Crippen molar-refractivity contribution in [3.05, 3.63) is 54.1 Å². The summed E-state index contributed by atoms with van der Waals surface area (Å²) in [7, 11) is -3.59. The molecule has 1 saturated heterocycles. The molecular weight excluding hydrogens is 363 g/mol. The third kappa shape index (κ3) is 4.14. The predicted octanol–water partition coefficient (Wildman–Crippen LogP) is 3.36. The molecule has 136 valence electrons. The van der Waals surface area contributed by atoms with Gasteiger partial charge < -0.3 is 10.6 Å². The Morgan fingerprint density at radius 2 is 1.84 bits per heavy atom. The summed E-state index contributed by atoms with van der Waals surface area (Å²) in [6, 6.07) is 13.1. The highest BCUT2D eigenvalue weighted by Gasteiger charge is 2.26. The number of piperidine rings is 1. The molecule has 0 amide bonds. The van der Waals surface area contributed by atoms with Gasteiger partial charge in [0, 0.05) is 12.2 Å². The number of rotatable bonds is 4. The first-order valence-electron chi connectivity index (χ1n) is 8.01. The van der Waals surface area contributed by atoms with Crippen LogP contribution in [0.25, 0.3) is 0 Å². The van der Waals surface area contributed by atoms with Gasteiger partial charge in [0.2, 0.25) is 9.84 Å². The highest BCUT2D eigenvalue weighted by atomic mass is 35.5. The van der Waals surface area contributed by atoms with Gasteiger partial charge >= 0.3 is 0 Å². The van der Waals surface area contributed by atoms with Crippen LogP contribution in [0.5, 0.6) is 0 Å². The van der Waals surface area contributed by atoms with Crippen LogP contribution in [0.2, 0.25) is 0 Å². The van der Waals surface area contributed by atoms with Crippen LogP contribution < -0.4 is 10.6 Å². The molecule has 1 fully saturated rings. The Kier molecular flexibility index (Phi) is 6.43. The number of hydrogen-bond donors (Lipinski definition) is 2. The molecule has 0 aromatic heterocycles. The third-order valence-corrected chi connectivity index (χ3v) is 6.29. The molecule has 3 rings (SSSR count). The van der Waals surface area contributed by atoms with Gasteiger partial charge in [-0.05, 0) is 49.7 Å². The Morgan fingerprint density at radius 1 is 1.12 bits per heavy atom. The highest BCUT2D eigenvalue weighted by Crippen LogP contribution is 2.29. The van der Waals surface area contributed by atoms with Gasteiger partial charge in [0.05, 0.1) is 15.8 Å². The largest absolute Gasteiger partial charge is 0.379 e. The first-order valence-corrected chi connectivity index (χ1v) is 9.49. The molecule has 0 bridgehead atoms. The standard InChI is InChI=1S/C18H21FN2O2S.ClH/c1-13-16(21-17-10-11-20-12-15(17)19)8-5-9-18(13)24(22,23)14-6-3-2-4-7-14;/h2-9,15,17,20-21H,10-12H2,1H3;1H. The van der Waals surface area contributed by atoms with E-state index in [2.05, 4.69) is 10.6 Å². The van der Waals surface area contributed by atoms with E-state index in [0.29, 0.717) is 24.2 Å². The second-order valence-electron chi connectivity index (χ2n) is 6.00. The average molecular weight is 385 g/mol. The minimum absolute atomic E-state index is 0. The van der Waals surface area contributed by atoms with E-state index < -0.39 is 16.0 Å². The topological polar surface area (TPSA) is 58.2 Å². The van der Waals surface area contributed by atoms with Crippen LogP contribution in [-0.4, -0.2) is 33.7 Å². The zero-order chi connectivity index (χ0) is 17.2. The maximum atomic E-state index is 14.0. The van der Waals surface area contributed by atoms with Crippen molar-refractivity contribution in [3.8, 4) is 0 Å². The van der Waals surface area contributed by atoms with E-state index in [1.54, 1.807) is 55.5 Å². The molecule has 2 atom stereocenters. The molecule has 0 saturated carbocycles. The van der Waals surface area contributed by atoms with Gasteiger partial charge in [0.15, 0.2) is 0 Å². The quantitative estimate of drug-likeness (QED) is 0.848. The summed E-state index contributed by atoms with van der Waals surface area (Å²) in [6.07, 6.45) is -0.330. The molecule has 1 heterocycles. The molecule has 2 aromatic rings. The van der Waals surface area contributed by atoms with Crippen LogP contribution in [0.3, 0.4) is 0 Å². The summed E-state index contributed by atoms with van der Waals surface area (Å²) in [4.78, 5) is 0.513. The lowest BCUT2D eigenvalue weighted by Gasteiger charge is -2.29. The van der Waals surface area contributed by atoms with E-state index in [-0.39, 0.29) is 28.2 Å². The molecule has 25 heavy (non-hydrogen) atoms. The predicted molar refractivity (Wildman–Crippen MR) is 100 cm³/mol. The molecule has 2 unspecified atom stereocenters. The van der Waals surface area contributed by atoms with Crippen LogP contribution in [-0.2, 0) is 9.84 Å². The summed E-state index contributed by atoms with van der Waals surface area (Å²) in [5.41, 5.74) is 1.29. The van der Waals surface area contributed by atoms with Crippen LogP contribution in [0.1, 0.15) is 12.0 Å². The molecule has 0 radical (unpaired) electrons. The molecular formula is C18H22ClFN2O2S. The van der Waals surface area contributed by atoms with Gasteiger partial charge in [-0.15, -0.1) is 12.4 Å². The number of alkyl halides is 1. The maximum Gasteiger partial charge on any atom is 0.206 e. The van der Waals surface area contributed by atoms with Crippen molar-refractivity contribution in [2.75, 3.05) is 18.4 Å². The van der Waals surface area contributed by atoms with Crippen molar-refractivity contribution in [3.63, 3.8) is 0 Å². The normalized spacial score (nSPS) is 20.6. The van der Waals surface area contributed by atoms with E-state index in [1.807, 2.05) is 0 Å². The van der Waals surface area contributed by atoms with Gasteiger partial charge in [-0.25, -0.2) is 12.8 Å². The Balaban J connectivity index is 0.00000225. The number of sulfone groups is 1. The van der Waals surface area contributed by atoms with E-state index in [0.717, 1.165) is 6.54 Å². The second kappa shape index (κ2) is 8.17. The van der Waals surface area contributed by atoms with Gasteiger partial charge in [-0.3, -0.25) is 0 Å². The molecule has 2 aromatic carbocycles. The van der Waals surface area contributed by atoms with E-state index >= 15 is 0 Å². The average Bonchev–Trinajstić information content (AvgIpc) is 2.59. The fraction of sp³-hybridized carbons (Fsp3) is 0.333. The van der Waals surface area contributed by atoms with Crippen LogP contribution in [0.4, 0.5) is 10.1 Å². The number of hydrogen-bond acceptors (Lipinski definition) is 4. The molecule has 7 heteroatoms. The minimum Gasteiger partial charge on any atom is -0.379 e. The Hall–Kier alpha value is -1.63. The van der Waals surface area contributed by atoms with Crippen molar-refractivity contribution in [2.45, 2.75) is 35.3 Å². The van der Waals surface area contributed by atoms with Crippen LogP contribution in [0.15, 0.2) is 58.3 Å². The Labute approximate surface area is 154 Å². The van der Waals surface area contributed by atoms with Gasteiger partial charge in [-0.1, -0.05) is 24.3 Å². The number of nitrogens with one attached hydrogen (secondary N) is 2. The fourth-order valence-electron chi connectivity index (χ4n) is 2.97. The van der Waals surface area contributed by atoms with E-state index in [4.69, 9.17) is 0 Å². The molecule has 0 spiro atoms. The summed E-state index contributed by atoms with van der Waals surface area (Å²) >= 11 is 0. The van der Waals surface area contributed by atoms with Crippen molar-refractivity contribution in [1.29, 1.82) is 0 Å². The lowest BCUT2D eigenvalue weighted by molar-refractivity contribution is 0.245. The lowest BCUT2D eigenvalue weighted by atomic mass is 10.0. The summed E-state index contributed by atoms with van der Waals surface area (Å²) < 4.78 is 39.7. The highest BCUT2D eigenvalue weighted by molar-refractivity contribution is 7.91. The Bertz CT molecular complexity index is 815. The third-order valence-electron chi connectivity index (χ3n) is 4.38. The van der Waals surface area contributed by atoms with Crippen molar-refractivity contribution >= 4 is 27.9 Å². The zero-order valence-corrected chi connectivity index (χ0v) is 15.5. The first-order chi connectivity index (χ1) is 11.5. The van der Waals surface area contributed by atoms with Crippen molar-refractivity contribution in [2.24, 2.45) is 0 Å². The van der Waals surface area contributed by atoms with Crippen LogP contribution in [0, 0.1) is 6.92 Å². The maximum absolute atomic E-state index is 14.0. The lowest BCUT2D eigenvalue weighted by Crippen LogP contribution is -2.45. The zero-order valence-electron chi connectivity index (χ0n) is 13.9. The summed E-state index contributed by atoms with van der Waals surface area (Å²) in [5, 5.41) is 6.19. The van der Waals surface area contributed by atoms with Crippen molar-refractivity contribution in [1.82, 2.24) is 5.32 Å². The smallest absolute Gasteiger partial charge is 0.206 e. The second-order valence-corrected chi connectivity index (χ2v) is 7.92. The van der Waals surface area contributed by atoms with Crippen molar-refractivity contribution < 1.29 is 12.8 Å². The van der Waals surface area contributed by atoms with Gasteiger partial charge in [0.25, 0.3) is 0 Å².